The highest BCUT2D eigenvalue weighted by atomic mass is 35.5. The van der Waals surface area contributed by atoms with E-state index in [9.17, 15) is 0 Å². The number of aromatic nitrogens is 2. The summed E-state index contributed by atoms with van der Waals surface area (Å²) in [5.74, 6) is 0. The second-order valence-corrected chi connectivity index (χ2v) is 5.73. The minimum atomic E-state index is 0.574. The Bertz CT molecular complexity index is 826. The van der Waals surface area contributed by atoms with Gasteiger partial charge in [0.2, 0.25) is 0 Å². The molecule has 5 heteroatoms. The largest absolute Gasteiger partial charge is 0.354 e. The molecule has 0 unspecified atom stereocenters. The van der Waals surface area contributed by atoms with E-state index in [4.69, 9.17) is 23.2 Å². The van der Waals surface area contributed by atoms with Crippen LogP contribution in [0.2, 0.25) is 10.0 Å². The number of halogens is 2. The van der Waals surface area contributed by atoms with Gasteiger partial charge < -0.3 is 5.32 Å². The Labute approximate surface area is 132 Å². The summed E-state index contributed by atoms with van der Waals surface area (Å²) < 4.78 is 0. The van der Waals surface area contributed by atoms with Gasteiger partial charge in [0.1, 0.15) is 0 Å². The van der Waals surface area contributed by atoms with Gasteiger partial charge in [-0.15, -0.1) is 0 Å². The number of nitrogens with zero attached hydrogens (tertiary/aromatic N) is 2. The van der Waals surface area contributed by atoms with Crippen LogP contribution in [0.15, 0.2) is 36.4 Å². The number of hydrogen-bond donors (Lipinski definition) is 1. The van der Waals surface area contributed by atoms with Crippen LogP contribution in [0.25, 0.3) is 11.0 Å². The first kappa shape index (κ1) is 14.1. The van der Waals surface area contributed by atoms with Crippen LogP contribution >= 0.6 is 23.2 Å². The van der Waals surface area contributed by atoms with E-state index in [1.807, 2.05) is 38.1 Å². The van der Waals surface area contributed by atoms with Gasteiger partial charge >= 0.3 is 0 Å². The molecule has 0 saturated heterocycles. The van der Waals surface area contributed by atoms with Crippen LogP contribution in [0.5, 0.6) is 0 Å². The maximum absolute atomic E-state index is 6.22. The predicted molar refractivity (Wildman–Crippen MR) is 88.8 cm³/mol. The molecule has 0 atom stereocenters. The van der Waals surface area contributed by atoms with Gasteiger partial charge in [-0.3, -0.25) is 0 Å². The van der Waals surface area contributed by atoms with Crippen molar-refractivity contribution < 1.29 is 0 Å². The first-order valence-electron chi connectivity index (χ1n) is 6.50. The lowest BCUT2D eigenvalue weighted by Crippen LogP contribution is -1.97. The summed E-state index contributed by atoms with van der Waals surface area (Å²) >= 11 is 12.1. The van der Waals surface area contributed by atoms with Gasteiger partial charge in [0.25, 0.3) is 0 Å². The molecule has 21 heavy (non-hydrogen) atoms. The quantitative estimate of drug-likeness (QED) is 0.697. The van der Waals surface area contributed by atoms with Gasteiger partial charge in [-0.25, -0.2) is 9.97 Å². The van der Waals surface area contributed by atoms with Crippen LogP contribution in [-0.4, -0.2) is 9.97 Å². The molecule has 106 valence electrons. The molecule has 0 radical (unpaired) electrons. The average Bonchev–Trinajstić information content (AvgIpc) is 2.41. The standard InChI is InChI=1S/C16H13Cl2N3/c1-9-3-5-12-15(7-10(2)20-16(12)19-9)21-14-6-4-11(17)8-13(14)18/h3-8H,1-2H3,(H,19,20,21). The predicted octanol–water partition coefficient (Wildman–Crippen LogP) is 5.30. The van der Waals surface area contributed by atoms with E-state index in [-0.39, 0.29) is 0 Å². The summed E-state index contributed by atoms with van der Waals surface area (Å²) in [5.41, 5.74) is 4.29. The Hall–Kier alpha value is -1.84. The lowest BCUT2D eigenvalue weighted by Gasteiger charge is -2.12. The molecule has 0 fully saturated rings. The number of anilines is 2. The lowest BCUT2D eigenvalue weighted by atomic mass is 10.2. The Kier molecular flexibility index (Phi) is 3.70. The second kappa shape index (κ2) is 5.51. The van der Waals surface area contributed by atoms with Crippen LogP contribution in [0, 0.1) is 13.8 Å². The summed E-state index contributed by atoms with van der Waals surface area (Å²) in [7, 11) is 0. The van der Waals surface area contributed by atoms with Crippen molar-refractivity contribution >= 4 is 45.6 Å². The van der Waals surface area contributed by atoms with Crippen molar-refractivity contribution in [3.05, 3.63) is 57.8 Å². The van der Waals surface area contributed by atoms with Gasteiger partial charge in [0, 0.05) is 21.8 Å². The highest BCUT2D eigenvalue weighted by molar-refractivity contribution is 6.36. The molecule has 0 aliphatic rings. The first-order valence-corrected chi connectivity index (χ1v) is 7.25. The number of aryl methyl sites for hydroxylation is 2. The molecule has 2 aromatic heterocycles. The van der Waals surface area contributed by atoms with Crippen molar-refractivity contribution in [3.63, 3.8) is 0 Å². The fourth-order valence-electron chi connectivity index (χ4n) is 2.16. The fraction of sp³-hybridized carbons (Fsp3) is 0.125. The molecule has 0 aliphatic carbocycles. The summed E-state index contributed by atoms with van der Waals surface area (Å²) in [6.07, 6.45) is 0. The summed E-state index contributed by atoms with van der Waals surface area (Å²) in [5, 5.41) is 5.47. The highest BCUT2D eigenvalue weighted by Gasteiger charge is 2.08. The molecular weight excluding hydrogens is 305 g/mol. The van der Waals surface area contributed by atoms with E-state index >= 15 is 0 Å². The normalized spacial score (nSPS) is 10.9. The minimum Gasteiger partial charge on any atom is -0.354 e. The maximum Gasteiger partial charge on any atom is 0.161 e. The molecule has 0 saturated carbocycles. The van der Waals surface area contributed by atoms with Crippen molar-refractivity contribution in [2.75, 3.05) is 5.32 Å². The zero-order valence-electron chi connectivity index (χ0n) is 11.6. The van der Waals surface area contributed by atoms with E-state index in [1.165, 1.54) is 0 Å². The highest BCUT2D eigenvalue weighted by Crippen LogP contribution is 2.31. The van der Waals surface area contributed by atoms with E-state index < -0.39 is 0 Å². The van der Waals surface area contributed by atoms with Crippen LogP contribution in [-0.2, 0) is 0 Å². The molecule has 1 N–H and O–H groups in total. The van der Waals surface area contributed by atoms with Crippen molar-refractivity contribution in [3.8, 4) is 0 Å². The van der Waals surface area contributed by atoms with Crippen molar-refractivity contribution in [1.29, 1.82) is 0 Å². The SMILES string of the molecule is Cc1ccc2c(Nc3ccc(Cl)cc3Cl)cc(C)nc2n1. The number of nitrogens with one attached hydrogen (secondary N) is 1. The summed E-state index contributed by atoms with van der Waals surface area (Å²) in [4.78, 5) is 8.94. The van der Waals surface area contributed by atoms with E-state index in [2.05, 4.69) is 15.3 Å². The summed E-state index contributed by atoms with van der Waals surface area (Å²) in [6.45, 7) is 3.89. The van der Waals surface area contributed by atoms with E-state index in [1.54, 1.807) is 12.1 Å². The molecule has 1 aromatic carbocycles. The molecule has 3 nitrogen and oxygen atoms in total. The average molecular weight is 318 g/mol. The molecule has 3 aromatic rings. The molecule has 0 bridgehead atoms. The first-order chi connectivity index (χ1) is 10.0. The maximum atomic E-state index is 6.22. The van der Waals surface area contributed by atoms with Crippen LogP contribution in [0.3, 0.4) is 0 Å². The molecule has 2 heterocycles. The van der Waals surface area contributed by atoms with Gasteiger partial charge in [0.05, 0.1) is 16.4 Å². The summed E-state index contributed by atoms with van der Waals surface area (Å²) in [6, 6.07) is 11.3. The third-order valence-corrected chi connectivity index (χ3v) is 3.69. The van der Waals surface area contributed by atoms with Crippen molar-refractivity contribution in [2.45, 2.75) is 13.8 Å². The lowest BCUT2D eigenvalue weighted by molar-refractivity contribution is 1.16. The molecule has 0 aliphatic heterocycles. The van der Waals surface area contributed by atoms with Crippen LogP contribution < -0.4 is 5.32 Å². The third-order valence-electron chi connectivity index (χ3n) is 3.14. The smallest absolute Gasteiger partial charge is 0.161 e. The monoisotopic (exact) mass is 317 g/mol. The minimum absolute atomic E-state index is 0.574. The second-order valence-electron chi connectivity index (χ2n) is 4.88. The molecular formula is C16H13Cl2N3. The Morgan fingerprint density at radius 3 is 2.38 bits per heavy atom. The van der Waals surface area contributed by atoms with E-state index in [0.29, 0.717) is 10.0 Å². The molecule has 0 spiro atoms. The number of pyridine rings is 2. The number of fused-ring (bicyclic) bond motifs is 1. The van der Waals surface area contributed by atoms with Gasteiger partial charge in [-0.2, -0.15) is 0 Å². The van der Waals surface area contributed by atoms with Gasteiger partial charge in [0.15, 0.2) is 5.65 Å². The number of rotatable bonds is 2. The Morgan fingerprint density at radius 1 is 0.857 bits per heavy atom. The Morgan fingerprint density at radius 2 is 1.62 bits per heavy atom. The third kappa shape index (κ3) is 2.94. The zero-order chi connectivity index (χ0) is 15.0. The zero-order valence-corrected chi connectivity index (χ0v) is 13.1. The topological polar surface area (TPSA) is 37.8 Å². The number of hydrogen-bond acceptors (Lipinski definition) is 3. The Balaban J connectivity index is 2.11. The van der Waals surface area contributed by atoms with E-state index in [0.717, 1.165) is 33.8 Å². The fourth-order valence-corrected chi connectivity index (χ4v) is 2.62. The van der Waals surface area contributed by atoms with Crippen molar-refractivity contribution in [1.82, 2.24) is 9.97 Å². The van der Waals surface area contributed by atoms with Gasteiger partial charge in [-0.1, -0.05) is 23.2 Å². The van der Waals surface area contributed by atoms with Crippen LogP contribution in [0.4, 0.5) is 11.4 Å². The van der Waals surface area contributed by atoms with Gasteiger partial charge in [-0.05, 0) is 50.2 Å². The van der Waals surface area contributed by atoms with Crippen molar-refractivity contribution in [2.24, 2.45) is 0 Å². The van der Waals surface area contributed by atoms with Crippen LogP contribution in [0.1, 0.15) is 11.4 Å². The molecule has 0 amide bonds. The number of benzene rings is 1. The molecule has 3 rings (SSSR count).